The lowest BCUT2D eigenvalue weighted by Gasteiger charge is -2.38. The van der Waals surface area contributed by atoms with Gasteiger partial charge in [0.15, 0.2) is 5.79 Å². The van der Waals surface area contributed by atoms with Crippen LogP contribution in [0.2, 0.25) is 0 Å². The van der Waals surface area contributed by atoms with E-state index in [2.05, 4.69) is 59.2 Å². The standard InChI is InChI=1S/C21H28N4O2/c1-15(2)17-6-4-5-16(3)20(17)24-18-13-19(23-14-22-18)25-9-7-21(8-10-25)26-11-12-27-21/h4-6,13-15H,7-12H2,1-3H3,(H,22,23,24). The smallest absolute Gasteiger partial charge is 0.171 e. The third-order valence-corrected chi connectivity index (χ3v) is 5.50. The van der Waals surface area contributed by atoms with Gasteiger partial charge >= 0.3 is 0 Å². The van der Waals surface area contributed by atoms with Gasteiger partial charge in [-0.1, -0.05) is 32.0 Å². The summed E-state index contributed by atoms with van der Waals surface area (Å²) in [6.45, 7) is 9.70. The average Bonchev–Trinajstić information content (AvgIpc) is 3.12. The largest absolute Gasteiger partial charge is 0.356 e. The van der Waals surface area contributed by atoms with E-state index in [4.69, 9.17) is 9.47 Å². The maximum absolute atomic E-state index is 5.82. The minimum atomic E-state index is -0.363. The Morgan fingerprint density at radius 3 is 2.56 bits per heavy atom. The van der Waals surface area contributed by atoms with E-state index in [0.717, 1.165) is 43.3 Å². The molecular weight excluding hydrogens is 340 g/mol. The topological polar surface area (TPSA) is 59.5 Å². The minimum Gasteiger partial charge on any atom is -0.356 e. The predicted molar refractivity (Wildman–Crippen MR) is 107 cm³/mol. The molecule has 0 amide bonds. The van der Waals surface area contributed by atoms with Gasteiger partial charge in [-0.2, -0.15) is 0 Å². The van der Waals surface area contributed by atoms with Crippen LogP contribution in [0.5, 0.6) is 0 Å². The van der Waals surface area contributed by atoms with E-state index in [-0.39, 0.29) is 5.79 Å². The van der Waals surface area contributed by atoms with E-state index < -0.39 is 0 Å². The van der Waals surface area contributed by atoms with Gasteiger partial charge in [0.25, 0.3) is 0 Å². The van der Waals surface area contributed by atoms with Crippen LogP contribution in [-0.4, -0.2) is 42.1 Å². The van der Waals surface area contributed by atoms with Crippen LogP contribution in [0.3, 0.4) is 0 Å². The number of nitrogens with one attached hydrogen (secondary N) is 1. The Morgan fingerprint density at radius 1 is 1.11 bits per heavy atom. The van der Waals surface area contributed by atoms with Crippen molar-refractivity contribution in [3.63, 3.8) is 0 Å². The lowest BCUT2D eigenvalue weighted by atomic mass is 9.98. The van der Waals surface area contributed by atoms with Gasteiger partial charge in [-0.25, -0.2) is 9.97 Å². The molecule has 1 aromatic carbocycles. The Hall–Kier alpha value is -2.18. The Bertz CT molecular complexity index is 793. The molecule has 2 aromatic rings. The highest BCUT2D eigenvalue weighted by atomic mass is 16.7. The van der Waals surface area contributed by atoms with Gasteiger partial charge in [0, 0.05) is 37.7 Å². The summed E-state index contributed by atoms with van der Waals surface area (Å²) in [5.41, 5.74) is 3.66. The van der Waals surface area contributed by atoms with Crippen molar-refractivity contribution in [2.45, 2.75) is 45.3 Å². The van der Waals surface area contributed by atoms with Gasteiger partial charge in [0.1, 0.15) is 18.0 Å². The lowest BCUT2D eigenvalue weighted by Crippen LogP contribution is -2.45. The van der Waals surface area contributed by atoms with Crippen LogP contribution in [-0.2, 0) is 9.47 Å². The fourth-order valence-corrected chi connectivity index (χ4v) is 3.92. The summed E-state index contributed by atoms with van der Waals surface area (Å²) in [6.07, 6.45) is 3.38. The fraction of sp³-hybridized carbons (Fsp3) is 0.524. The van der Waals surface area contributed by atoms with E-state index in [1.165, 1.54) is 11.1 Å². The number of rotatable bonds is 4. The van der Waals surface area contributed by atoms with Crippen LogP contribution < -0.4 is 10.2 Å². The number of hydrogen-bond acceptors (Lipinski definition) is 6. The summed E-state index contributed by atoms with van der Waals surface area (Å²) in [5, 5.41) is 3.52. The van der Waals surface area contributed by atoms with E-state index in [0.29, 0.717) is 19.1 Å². The average molecular weight is 368 g/mol. The molecule has 6 heteroatoms. The third-order valence-electron chi connectivity index (χ3n) is 5.50. The molecule has 2 aliphatic rings. The summed E-state index contributed by atoms with van der Waals surface area (Å²) < 4.78 is 11.6. The molecule has 1 spiro atoms. The predicted octanol–water partition coefficient (Wildman–Crippen LogP) is 4.00. The molecule has 6 nitrogen and oxygen atoms in total. The number of para-hydroxylation sites is 1. The van der Waals surface area contributed by atoms with Gasteiger partial charge in [-0.15, -0.1) is 0 Å². The zero-order valence-electron chi connectivity index (χ0n) is 16.4. The first-order valence-electron chi connectivity index (χ1n) is 9.78. The minimum absolute atomic E-state index is 0.363. The Labute approximate surface area is 160 Å². The summed E-state index contributed by atoms with van der Waals surface area (Å²) in [5.74, 6) is 1.85. The first kappa shape index (κ1) is 18.2. The molecule has 4 rings (SSSR count). The van der Waals surface area contributed by atoms with Gasteiger partial charge < -0.3 is 19.7 Å². The molecule has 2 aliphatic heterocycles. The number of benzene rings is 1. The highest BCUT2D eigenvalue weighted by Crippen LogP contribution is 2.34. The molecule has 27 heavy (non-hydrogen) atoms. The number of nitrogens with zero attached hydrogens (tertiary/aromatic N) is 3. The maximum Gasteiger partial charge on any atom is 0.171 e. The van der Waals surface area contributed by atoms with E-state index in [1.54, 1.807) is 6.33 Å². The molecule has 2 saturated heterocycles. The first-order chi connectivity index (χ1) is 13.1. The van der Waals surface area contributed by atoms with Gasteiger partial charge in [0.2, 0.25) is 0 Å². The second kappa shape index (κ2) is 7.44. The van der Waals surface area contributed by atoms with Crippen LogP contribution in [0, 0.1) is 6.92 Å². The van der Waals surface area contributed by atoms with Crippen LogP contribution in [0.1, 0.15) is 43.7 Å². The molecule has 0 saturated carbocycles. The highest BCUT2D eigenvalue weighted by Gasteiger charge is 2.40. The van der Waals surface area contributed by atoms with E-state index in [9.17, 15) is 0 Å². The maximum atomic E-state index is 5.82. The summed E-state index contributed by atoms with van der Waals surface area (Å²) in [7, 11) is 0. The van der Waals surface area contributed by atoms with Crippen molar-refractivity contribution in [3.05, 3.63) is 41.7 Å². The molecule has 2 fully saturated rings. The zero-order chi connectivity index (χ0) is 18.9. The molecule has 1 N–H and O–H groups in total. The Balaban J connectivity index is 1.51. The number of ether oxygens (including phenoxy) is 2. The van der Waals surface area contributed by atoms with Crippen LogP contribution in [0.15, 0.2) is 30.6 Å². The summed E-state index contributed by atoms with van der Waals surface area (Å²) >= 11 is 0. The molecule has 144 valence electrons. The Kier molecular flexibility index (Phi) is 5.02. The SMILES string of the molecule is Cc1cccc(C(C)C)c1Nc1cc(N2CCC3(CC2)OCCO3)ncn1. The molecule has 0 unspecified atom stereocenters. The number of aromatic nitrogens is 2. The van der Waals surface area contributed by atoms with Crippen LogP contribution in [0.4, 0.5) is 17.3 Å². The summed E-state index contributed by atoms with van der Waals surface area (Å²) in [6, 6.07) is 8.44. The van der Waals surface area contributed by atoms with Crippen molar-refractivity contribution in [1.82, 2.24) is 9.97 Å². The molecule has 0 atom stereocenters. The highest BCUT2D eigenvalue weighted by molar-refractivity contribution is 5.67. The van der Waals surface area contributed by atoms with Gasteiger partial charge in [0.05, 0.1) is 13.2 Å². The normalized spacial score (nSPS) is 19.0. The van der Waals surface area contributed by atoms with Crippen molar-refractivity contribution in [2.24, 2.45) is 0 Å². The van der Waals surface area contributed by atoms with Crippen molar-refractivity contribution in [3.8, 4) is 0 Å². The molecule has 0 bridgehead atoms. The molecule has 3 heterocycles. The molecular formula is C21H28N4O2. The van der Waals surface area contributed by atoms with Crippen LogP contribution >= 0.6 is 0 Å². The molecule has 0 radical (unpaired) electrons. The number of piperidine rings is 1. The van der Waals surface area contributed by atoms with Crippen LogP contribution in [0.25, 0.3) is 0 Å². The van der Waals surface area contributed by atoms with E-state index >= 15 is 0 Å². The van der Waals surface area contributed by atoms with Crippen molar-refractivity contribution in [1.29, 1.82) is 0 Å². The second-order valence-electron chi connectivity index (χ2n) is 7.67. The van der Waals surface area contributed by atoms with Gasteiger partial charge in [-0.3, -0.25) is 0 Å². The monoisotopic (exact) mass is 368 g/mol. The van der Waals surface area contributed by atoms with Crippen molar-refractivity contribution >= 4 is 17.3 Å². The number of aryl methyl sites for hydroxylation is 1. The number of hydrogen-bond donors (Lipinski definition) is 1. The Morgan fingerprint density at radius 2 is 1.85 bits per heavy atom. The lowest BCUT2D eigenvalue weighted by molar-refractivity contribution is -0.169. The fourth-order valence-electron chi connectivity index (χ4n) is 3.92. The van der Waals surface area contributed by atoms with Gasteiger partial charge in [-0.05, 0) is 24.0 Å². The number of anilines is 3. The third kappa shape index (κ3) is 3.77. The zero-order valence-corrected chi connectivity index (χ0v) is 16.4. The molecule has 0 aliphatic carbocycles. The molecule has 1 aromatic heterocycles. The van der Waals surface area contributed by atoms with Crippen molar-refractivity contribution < 1.29 is 9.47 Å². The summed E-state index contributed by atoms with van der Waals surface area (Å²) in [4.78, 5) is 11.2. The second-order valence-corrected chi connectivity index (χ2v) is 7.67. The van der Waals surface area contributed by atoms with Crippen molar-refractivity contribution in [2.75, 3.05) is 36.5 Å². The van der Waals surface area contributed by atoms with E-state index in [1.807, 2.05) is 6.07 Å². The quantitative estimate of drug-likeness (QED) is 0.880. The first-order valence-corrected chi connectivity index (χ1v) is 9.78.